The van der Waals surface area contributed by atoms with Crippen molar-refractivity contribution >= 4 is 39.3 Å². The van der Waals surface area contributed by atoms with E-state index in [-0.39, 0.29) is 37.3 Å². The van der Waals surface area contributed by atoms with Gasteiger partial charge in [-0.25, -0.2) is 17.2 Å². The number of rotatable bonds is 5. The van der Waals surface area contributed by atoms with Gasteiger partial charge in [-0.2, -0.15) is 4.31 Å². The summed E-state index contributed by atoms with van der Waals surface area (Å²) in [5, 5.41) is 0.261. The molecule has 0 aromatic heterocycles. The lowest BCUT2D eigenvalue weighted by Crippen LogP contribution is -2.52. The van der Waals surface area contributed by atoms with Gasteiger partial charge in [0, 0.05) is 42.2 Å². The van der Waals surface area contributed by atoms with Crippen molar-refractivity contribution in [3.63, 3.8) is 0 Å². The number of hydrogen-bond donors (Lipinski definition) is 0. The predicted octanol–water partition coefficient (Wildman–Crippen LogP) is 3.63. The van der Waals surface area contributed by atoms with Crippen LogP contribution in [0.25, 0.3) is 0 Å². The quantitative estimate of drug-likeness (QED) is 0.639. The van der Waals surface area contributed by atoms with E-state index in [0.717, 1.165) is 21.3 Å². The molecule has 29 heavy (non-hydrogen) atoms. The molecule has 1 atom stereocenters. The van der Waals surface area contributed by atoms with Crippen LogP contribution in [0, 0.1) is 11.6 Å². The molecule has 1 unspecified atom stereocenters. The first kappa shape index (κ1) is 22.0. The fourth-order valence-corrected chi connectivity index (χ4v) is 5.54. The van der Waals surface area contributed by atoms with Crippen LogP contribution in [0.5, 0.6) is 0 Å². The van der Waals surface area contributed by atoms with Crippen LogP contribution in [0.2, 0.25) is 5.02 Å². The lowest BCUT2D eigenvalue weighted by atomic mass is 10.3. The van der Waals surface area contributed by atoms with Gasteiger partial charge in [0.25, 0.3) is 0 Å². The fraction of sp³-hybridized carbons (Fsp3) is 0.316. The maximum atomic E-state index is 13.9. The van der Waals surface area contributed by atoms with Crippen LogP contribution in [0.1, 0.15) is 6.92 Å². The third-order valence-electron chi connectivity index (χ3n) is 4.54. The van der Waals surface area contributed by atoms with E-state index in [4.69, 9.17) is 11.6 Å². The standard InChI is InChI=1S/C19H19ClF2N2O3S2/c1-13(28-16-5-2-14(20)3-6-16)19(25)23-8-10-24(11-9-23)29(26,27)18-7-4-15(21)12-17(18)22/h2-7,12-13H,8-11H2,1H3. The Bertz CT molecular complexity index is 995. The Labute approximate surface area is 177 Å². The highest BCUT2D eigenvalue weighted by Crippen LogP contribution is 2.27. The first-order chi connectivity index (χ1) is 13.7. The highest BCUT2D eigenvalue weighted by molar-refractivity contribution is 8.00. The summed E-state index contributed by atoms with van der Waals surface area (Å²) in [7, 11) is -4.10. The zero-order valence-electron chi connectivity index (χ0n) is 15.5. The van der Waals surface area contributed by atoms with E-state index in [0.29, 0.717) is 11.1 Å². The number of piperazine rings is 1. The van der Waals surface area contributed by atoms with Gasteiger partial charge in [-0.1, -0.05) is 11.6 Å². The van der Waals surface area contributed by atoms with Crippen LogP contribution in [0.15, 0.2) is 52.3 Å². The summed E-state index contributed by atoms with van der Waals surface area (Å²) in [6.07, 6.45) is 0. The Hall–Kier alpha value is -1.68. The number of thioether (sulfide) groups is 1. The summed E-state index contributed by atoms with van der Waals surface area (Å²) < 4.78 is 53.4. The first-order valence-electron chi connectivity index (χ1n) is 8.84. The van der Waals surface area contributed by atoms with Crippen molar-refractivity contribution in [2.45, 2.75) is 22.0 Å². The van der Waals surface area contributed by atoms with Crippen molar-refractivity contribution < 1.29 is 22.0 Å². The van der Waals surface area contributed by atoms with Crippen LogP contribution in [0.3, 0.4) is 0 Å². The number of nitrogens with zero attached hydrogens (tertiary/aromatic N) is 2. The van der Waals surface area contributed by atoms with E-state index in [2.05, 4.69) is 0 Å². The molecular weight excluding hydrogens is 442 g/mol. The van der Waals surface area contributed by atoms with Gasteiger partial charge >= 0.3 is 0 Å². The molecule has 156 valence electrons. The third-order valence-corrected chi connectivity index (χ3v) is 7.82. The monoisotopic (exact) mass is 460 g/mol. The SMILES string of the molecule is CC(Sc1ccc(Cl)cc1)C(=O)N1CCN(S(=O)(=O)c2ccc(F)cc2F)CC1. The molecular formula is C19H19ClF2N2O3S2. The molecule has 1 saturated heterocycles. The Morgan fingerprint density at radius 1 is 1.07 bits per heavy atom. The minimum absolute atomic E-state index is 0.0449. The van der Waals surface area contributed by atoms with Gasteiger partial charge < -0.3 is 4.90 Å². The van der Waals surface area contributed by atoms with E-state index in [1.54, 1.807) is 24.0 Å². The summed E-state index contributed by atoms with van der Waals surface area (Å²) in [6.45, 7) is 2.28. The normalized spacial score (nSPS) is 16.6. The largest absolute Gasteiger partial charge is 0.339 e. The van der Waals surface area contributed by atoms with E-state index >= 15 is 0 Å². The lowest BCUT2D eigenvalue weighted by molar-refractivity contribution is -0.131. The maximum Gasteiger partial charge on any atom is 0.246 e. The molecule has 1 aliphatic heterocycles. The molecule has 1 fully saturated rings. The number of sulfonamides is 1. The van der Waals surface area contributed by atoms with Crippen molar-refractivity contribution in [1.29, 1.82) is 0 Å². The zero-order chi connectivity index (χ0) is 21.2. The molecule has 0 bridgehead atoms. The average molecular weight is 461 g/mol. The zero-order valence-corrected chi connectivity index (χ0v) is 17.9. The third kappa shape index (κ3) is 5.09. The highest BCUT2D eigenvalue weighted by Gasteiger charge is 2.33. The van der Waals surface area contributed by atoms with Crippen LogP contribution < -0.4 is 0 Å². The molecule has 1 amide bonds. The predicted molar refractivity (Wildman–Crippen MR) is 108 cm³/mol. The molecule has 0 spiro atoms. The summed E-state index contributed by atoms with van der Waals surface area (Å²) in [6, 6.07) is 9.53. The van der Waals surface area contributed by atoms with Gasteiger partial charge in [0.1, 0.15) is 16.5 Å². The van der Waals surface area contributed by atoms with Gasteiger partial charge in [0.15, 0.2) is 0 Å². The lowest BCUT2D eigenvalue weighted by Gasteiger charge is -2.35. The van der Waals surface area contributed by atoms with Crippen molar-refractivity contribution in [3.8, 4) is 0 Å². The summed E-state index contributed by atoms with van der Waals surface area (Å²) in [4.78, 5) is 14.6. The summed E-state index contributed by atoms with van der Waals surface area (Å²) in [5.74, 6) is -2.07. The number of benzene rings is 2. The minimum atomic E-state index is -4.10. The van der Waals surface area contributed by atoms with Crippen LogP contribution in [-0.4, -0.2) is 55.0 Å². The van der Waals surface area contributed by atoms with Gasteiger partial charge in [0.05, 0.1) is 5.25 Å². The number of carbonyl (C=O) groups is 1. The Kier molecular flexibility index (Phi) is 6.83. The number of amides is 1. The minimum Gasteiger partial charge on any atom is -0.339 e. The van der Waals surface area contributed by atoms with Crippen molar-refractivity contribution in [2.75, 3.05) is 26.2 Å². The second-order valence-electron chi connectivity index (χ2n) is 6.52. The number of hydrogen-bond acceptors (Lipinski definition) is 4. The maximum absolute atomic E-state index is 13.9. The molecule has 0 aliphatic carbocycles. The second kappa shape index (κ2) is 8.99. The number of halogens is 3. The van der Waals surface area contributed by atoms with Crippen LogP contribution in [-0.2, 0) is 14.8 Å². The average Bonchev–Trinajstić information content (AvgIpc) is 2.69. The molecule has 1 aliphatic rings. The molecule has 3 rings (SSSR count). The number of carbonyl (C=O) groups excluding carboxylic acids is 1. The van der Waals surface area contributed by atoms with Gasteiger partial charge in [-0.15, -0.1) is 11.8 Å². The van der Waals surface area contributed by atoms with Crippen molar-refractivity contribution in [1.82, 2.24) is 9.21 Å². The first-order valence-corrected chi connectivity index (χ1v) is 11.5. The molecule has 0 radical (unpaired) electrons. The van der Waals surface area contributed by atoms with Gasteiger partial charge in [0.2, 0.25) is 15.9 Å². The van der Waals surface area contributed by atoms with Crippen molar-refractivity contribution in [2.24, 2.45) is 0 Å². The molecule has 10 heteroatoms. The van der Waals surface area contributed by atoms with Crippen molar-refractivity contribution in [3.05, 3.63) is 59.1 Å². The van der Waals surface area contributed by atoms with E-state index in [9.17, 15) is 22.0 Å². The second-order valence-corrected chi connectivity index (χ2v) is 10.3. The Morgan fingerprint density at radius 2 is 1.69 bits per heavy atom. The molecule has 0 N–H and O–H groups in total. The Balaban J connectivity index is 1.62. The van der Waals surface area contributed by atoms with E-state index in [1.807, 2.05) is 12.1 Å². The van der Waals surface area contributed by atoms with Gasteiger partial charge in [-0.05, 0) is 43.3 Å². The highest BCUT2D eigenvalue weighted by atomic mass is 35.5. The van der Waals surface area contributed by atoms with Crippen LogP contribution >= 0.6 is 23.4 Å². The summed E-state index contributed by atoms with van der Waals surface area (Å²) >= 11 is 7.26. The molecule has 2 aromatic rings. The molecule has 1 heterocycles. The molecule has 2 aromatic carbocycles. The van der Waals surface area contributed by atoms with E-state index in [1.165, 1.54) is 11.8 Å². The Morgan fingerprint density at radius 3 is 2.28 bits per heavy atom. The smallest absolute Gasteiger partial charge is 0.246 e. The van der Waals surface area contributed by atoms with Gasteiger partial charge in [-0.3, -0.25) is 4.79 Å². The fourth-order valence-electron chi connectivity index (χ4n) is 3.00. The van der Waals surface area contributed by atoms with Crippen LogP contribution in [0.4, 0.5) is 8.78 Å². The molecule has 5 nitrogen and oxygen atoms in total. The molecule has 0 saturated carbocycles. The van der Waals surface area contributed by atoms with E-state index < -0.39 is 26.6 Å². The summed E-state index contributed by atoms with van der Waals surface area (Å²) in [5.41, 5.74) is 0. The topological polar surface area (TPSA) is 57.7 Å².